The smallest absolute Gasteiger partial charge is 0.271 e. The molecule has 2 N–H and O–H groups in total. The second-order valence-corrected chi connectivity index (χ2v) is 6.92. The van der Waals surface area contributed by atoms with Gasteiger partial charge < -0.3 is 10.3 Å². The molecule has 1 aromatic heterocycles. The first-order valence-corrected chi connectivity index (χ1v) is 7.11. The van der Waals surface area contributed by atoms with E-state index in [-0.39, 0.29) is 5.69 Å². The molecular formula is C15H20N4O2. The minimum absolute atomic E-state index is 0.0714. The van der Waals surface area contributed by atoms with Gasteiger partial charge in [-0.05, 0) is 22.8 Å². The number of aromatic amines is 1. The highest BCUT2D eigenvalue weighted by Crippen LogP contribution is 2.68. The molecule has 0 radical (unpaired) electrons. The molecule has 1 aliphatic rings. The first kappa shape index (κ1) is 13.9. The number of aromatic nitrogens is 2. The summed E-state index contributed by atoms with van der Waals surface area (Å²) in [7, 11) is 0. The Labute approximate surface area is 123 Å². The van der Waals surface area contributed by atoms with E-state index in [9.17, 15) is 10.1 Å². The van der Waals surface area contributed by atoms with Crippen LogP contribution in [0.5, 0.6) is 0 Å². The lowest BCUT2D eigenvalue weighted by molar-refractivity contribution is -0.384. The maximum Gasteiger partial charge on any atom is 0.271 e. The van der Waals surface area contributed by atoms with Crippen molar-refractivity contribution in [3.63, 3.8) is 0 Å². The van der Waals surface area contributed by atoms with E-state index in [2.05, 4.69) is 43.0 Å². The molecule has 112 valence electrons. The summed E-state index contributed by atoms with van der Waals surface area (Å²) < 4.78 is 0. The number of nitrogens with one attached hydrogen (secondary N) is 2. The maximum absolute atomic E-state index is 10.8. The highest BCUT2D eigenvalue weighted by atomic mass is 16.6. The fourth-order valence-corrected chi connectivity index (χ4v) is 3.24. The highest BCUT2D eigenvalue weighted by Gasteiger charge is 2.64. The predicted octanol–water partition coefficient (Wildman–Crippen LogP) is 3.57. The average molecular weight is 288 g/mol. The van der Waals surface area contributed by atoms with Crippen molar-refractivity contribution >= 4 is 22.7 Å². The van der Waals surface area contributed by atoms with Crippen LogP contribution in [0.25, 0.3) is 11.0 Å². The fourth-order valence-electron chi connectivity index (χ4n) is 3.24. The van der Waals surface area contributed by atoms with E-state index in [4.69, 9.17) is 0 Å². The number of anilines is 1. The molecule has 1 fully saturated rings. The van der Waals surface area contributed by atoms with Crippen LogP contribution in [-0.4, -0.2) is 21.4 Å². The quantitative estimate of drug-likeness (QED) is 0.665. The SMILES string of the molecule is CC1(C)C(CNc2nc3ccc([N+](=O)[O-])cc3[nH]2)C1(C)C. The highest BCUT2D eigenvalue weighted by molar-refractivity contribution is 5.79. The third kappa shape index (κ3) is 2.05. The Balaban J connectivity index is 1.75. The second kappa shape index (κ2) is 4.19. The van der Waals surface area contributed by atoms with Crippen molar-refractivity contribution in [1.82, 2.24) is 9.97 Å². The molecule has 0 saturated heterocycles. The molecule has 6 nitrogen and oxygen atoms in total. The number of nitro benzene ring substituents is 1. The molecule has 1 heterocycles. The van der Waals surface area contributed by atoms with Crippen LogP contribution in [0.1, 0.15) is 27.7 Å². The minimum atomic E-state index is -0.400. The van der Waals surface area contributed by atoms with Crippen LogP contribution in [-0.2, 0) is 0 Å². The Morgan fingerprint density at radius 2 is 2.00 bits per heavy atom. The number of nitro groups is 1. The molecule has 3 rings (SSSR count). The Bertz CT molecular complexity index is 704. The number of hydrogen-bond donors (Lipinski definition) is 2. The molecule has 0 atom stereocenters. The van der Waals surface area contributed by atoms with Crippen molar-refractivity contribution < 1.29 is 4.92 Å². The van der Waals surface area contributed by atoms with Crippen molar-refractivity contribution in [2.75, 3.05) is 11.9 Å². The van der Waals surface area contributed by atoms with Gasteiger partial charge in [-0.15, -0.1) is 0 Å². The number of benzene rings is 1. The van der Waals surface area contributed by atoms with Crippen molar-refractivity contribution in [3.05, 3.63) is 28.3 Å². The standard InChI is InChI=1S/C15H20N4O2/c1-14(2)12(15(14,3)4)8-16-13-17-10-6-5-9(19(20)21)7-11(10)18-13/h5-7,12H,8H2,1-4H3,(H2,16,17,18). The normalized spacial score (nSPS) is 19.6. The largest absolute Gasteiger partial charge is 0.355 e. The summed E-state index contributed by atoms with van der Waals surface area (Å²) in [6, 6.07) is 4.65. The van der Waals surface area contributed by atoms with Crippen LogP contribution < -0.4 is 5.32 Å². The zero-order valence-corrected chi connectivity index (χ0v) is 12.7. The van der Waals surface area contributed by atoms with Crippen LogP contribution in [0.2, 0.25) is 0 Å². The number of nitrogens with zero attached hydrogens (tertiary/aromatic N) is 2. The third-order valence-corrected chi connectivity index (χ3v) is 5.47. The summed E-state index contributed by atoms with van der Waals surface area (Å²) in [6.45, 7) is 9.97. The van der Waals surface area contributed by atoms with E-state index in [1.165, 1.54) is 12.1 Å². The number of hydrogen-bond acceptors (Lipinski definition) is 4. The van der Waals surface area contributed by atoms with Gasteiger partial charge in [-0.3, -0.25) is 10.1 Å². The molecular weight excluding hydrogens is 268 g/mol. The van der Waals surface area contributed by atoms with E-state index >= 15 is 0 Å². The molecule has 1 aromatic carbocycles. The third-order valence-electron chi connectivity index (χ3n) is 5.47. The van der Waals surface area contributed by atoms with E-state index in [1.54, 1.807) is 6.07 Å². The van der Waals surface area contributed by atoms with Gasteiger partial charge in [-0.25, -0.2) is 4.98 Å². The molecule has 0 unspecified atom stereocenters. The first-order chi connectivity index (χ1) is 9.73. The summed E-state index contributed by atoms with van der Waals surface area (Å²) in [5.74, 6) is 1.26. The minimum Gasteiger partial charge on any atom is -0.355 e. The van der Waals surface area contributed by atoms with Gasteiger partial charge in [0.15, 0.2) is 0 Å². The van der Waals surface area contributed by atoms with Gasteiger partial charge in [-0.2, -0.15) is 0 Å². The average Bonchev–Trinajstić information content (AvgIpc) is 2.73. The van der Waals surface area contributed by atoms with E-state index in [0.717, 1.165) is 12.1 Å². The van der Waals surface area contributed by atoms with Crippen LogP contribution in [0.3, 0.4) is 0 Å². The Morgan fingerprint density at radius 1 is 1.33 bits per heavy atom. The molecule has 1 saturated carbocycles. The summed E-state index contributed by atoms with van der Waals surface area (Å²) in [6.07, 6.45) is 0. The van der Waals surface area contributed by atoms with Crippen molar-refractivity contribution in [3.8, 4) is 0 Å². The zero-order chi connectivity index (χ0) is 15.4. The monoisotopic (exact) mass is 288 g/mol. The van der Waals surface area contributed by atoms with Gasteiger partial charge >= 0.3 is 0 Å². The molecule has 0 bridgehead atoms. The number of imidazole rings is 1. The summed E-state index contributed by atoms with van der Waals surface area (Å²) >= 11 is 0. The number of fused-ring (bicyclic) bond motifs is 1. The van der Waals surface area contributed by atoms with E-state index in [1.807, 2.05) is 0 Å². The van der Waals surface area contributed by atoms with Gasteiger partial charge in [-0.1, -0.05) is 27.7 Å². The molecule has 21 heavy (non-hydrogen) atoms. The van der Waals surface area contributed by atoms with Gasteiger partial charge in [0.2, 0.25) is 5.95 Å². The number of rotatable bonds is 4. The topological polar surface area (TPSA) is 83.8 Å². The first-order valence-electron chi connectivity index (χ1n) is 7.11. The molecule has 1 aliphatic carbocycles. The lowest BCUT2D eigenvalue weighted by atomic mass is 10.0. The second-order valence-electron chi connectivity index (χ2n) is 6.92. The van der Waals surface area contributed by atoms with Gasteiger partial charge in [0.25, 0.3) is 5.69 Å². The van der Waals surface area contributed by atoms with E-state index < -0.39 is 4.92 Å². The zero-order valence-electron chi connectivity index (χ0n) is 12.7. The Hall–Kier alpha value is -2.11. The number of non-ortho nitro benzene ring substituents is 1. The Kier molecular flexibility index (Phi) is 2.77. The summed E-state index contributed by atoms with van der Waals surface area (Å²) in [5.41, 5.74) is 2.14. The molecule has 0 aliphatic heterocycles. The van der Waals surface area contributed by atoms with Gasteiger partial charge in [0.1, 0.15) is 0 Å². The van der Waals surface area contributed by atoms with Crippen LogP contribution >= 0.6 is 0 Å². The molecule has 0 spiro atoms. The van der Waals surface area contributed by atoms with Gasteiger partial charge in [0, 0.05) is 18.7 Å². The fraction of sp³-hybridized carbons (Fsp3) is 0.533. The summed E-state index contributed by atoms with van der Waals surface area (Å²) in [5, 5.41) is 14.1. The van der Waals surface area contributed by atoms with E-state index in [0.29, 0.717) is 28.2 Å². The maximum atomic E-state index is 10.8. The Morgan fingerprint density at radius 3 is 2.57 bits per heavy atom. The molecule has 6 heteroatoms. The number of H-pyrrole nitrogens is 1. The van der Waals surface area contributed by atoms with Crippen LogP contribution in [0.15, 0.2) is 18.2 Å². The lowest BCUT2D eigenvalue weighted by Crippen LogP contribution is -2.09. The molecule has 2 aromatic rings. The van der Waals surface area contributed by atoms with Crippen LogP contribution in [0.4, 0.5) is 11.6 Å². The van der Waals surface area contributed by atoms with Crippen LogP contribution in [0, 0.1) is 26.9 Å². The summed E-state index contributed by atoms with van der Waals surface area (Å²) in [4.78, 5) is 17.9. The lowest BCUT2D eigenvalue weighted by Gasteiger charge is -2.04. The van der Waals surface area contributed by atoms with Crippen molar-refractivity contribution in [2.24, 2.45) is 16.7 Å². The van der Waals surface area contributed by atoms with Gasteiger partial charge in [0.05, 0.1) is 16.0 Å². The van der Waals surface area contributed by atoms with Crippen molar-refractivity contribution in [1.29, 1.82) is 0 Å². The predicted molar refractivity (Wildman–Crippen MR) is 82.3 cm³/mol. The van der Waals surface area contributed by atoms with Crippen molar-refractivity contribution in [2.45, 2.75) is 27.7 Å². The molecule has 0 amide bonds.